The molecular weight excluding hydrogens is 436 g/mol. The van der Waals surface area contributed by atoms with E-state index in [2.05, 4.69) is 5.32 Å². The number of carbonyl (C=O) groups is 2. The Morgan fingerprint density at radius 3 is 2.36 bits per heavy atom. The molecule has 0 saturated carbocycles. The Bertz CT molecular complexity index is 1070. The number of nitrogens with one attached hydrogen (secondary N) is 1. The fraction of sp³-hybridized carbons (Fsp3) is 0.259. The Morgan fingerprint density at radius 2 is 1.64 bits per heavy atom. The van der Waals surface area contributed by atoms with Crippen LogP contribution in [0.2, 0.25) is 5.02 Å². The minimum Gasteiger partial charge on any atom is -0.489 e. The van der Waals surface area contributed by atoms with E-state index in [1.54, 1.807) is 12.1 Å². The molecule has 0 bridgehead atoms. The zero-order chi connectivity index (χ0) is 23.0. The average Bonchev–Trinajstić information content (AvgIpc) is 3.01. The van der Waals surface area contributed by atoms with Crippen molar-refractivity contribution < 1.29 is 14.3 Å². The van der Waals surface area contributed by atoms with Crippen molar-refractivity contribution in [1.82, 2.24) is 10.2 Å². The lowest BCUT2D eigenvalue weighted by atomic mass is 10.1. The highest BCUT2D eigenvalue weighted by Crippen LogP contribution is 2.18. The van der Waals surface area contributed by atoms with Crippen LogP contribution in [0.15, 0.2) is 78.9 Å². The molecule has 0 spiro atoms. The van der Waals surface area contributed by atoms with Gasteiger partial charge in [-0.15, -0.1) is 0 Å². The molecule has 0 aliphatic carbocycles. The van der Waals surface area contributed by atoms with Gasteiger partial charge in [0.25, 0.3) is 5.91 Å². The van der Waals surface area contributed by atoms with Gasteiger partial charge in [0.15, 0.2) is 0 Å². The summed E-state index contributed by atoms with van der Waals surface area (Å²) in [6.45, 7) is 1.62. The first-order valence-corrected chi connectivity index (χ1v) is 11.6. The first-order chi connectivity index (χ1) is 16.1. The molecule has 0 radical (unpaired) electrons. The van der Waals surface area contributed by atoms with Gasteiger partial charge in [-0.25, -0.2) is 0 Å². The number of hydrogen-bond acceptors (Lipinski definition) is 3. The summed E-state index contributed by atoms with van der Waals surface area (Å²) in [5.41, 5.74) is 2.52. The van der Waals surface area contributed by atoms with Crippen molar-refractivity contribution in [2.45, 2.75) is 38.5 Å². The van der Waals surface area contributed by atoms with Gasteiger partial charge in [-0.2, -0.15) is 0 Å². The number of halogens is 1. The summed E-state index contributed by atoms with van der Waals surface area (Å²) >= 11 is 5.97. The van der Waals surface area contributed by atoms with Crippen molar-refractivity contribution in [3.8, 4) is 5.75 Å². The molecule has 1 saturated heterocycles. The SMILES string of the molecule is O=C(NC1CCCCN(Cc2ccc(Cl)cc2)C1=O)c1ccc(COc2ccccc2)cc1. The first-order valence-electron chi connectivity index (χ1n) is 11.2. The Labute approximate surface area is 199 Å². The Kier molecular flexibility index (Phi) is 7.63. The zero-order valence-corrected chi connectivity index (χ0v) is 19.1. The van der Waals surface area contributed by atoms with Gasteiger partial charge in [0.05, 0.1) is 0 Å². The van der Waals surface area contributed by atoms with Crippen molar-refractivity contribution in [3.63, 3.8) is 0 Å². The number of ether oxygens (including phenoxy) is 1. The summed E-state index contributed by atoms with van der Waals surface area (Å²) in [4.78, 5) is 27.8. The number of carbonyl (C=O) groups excluding carboxylic acids is 2. The van der Waals surface area contributed by atoms with E-state index in [-0.39, 0.29) is 11.8 Å². The van der Waals surface area contributed by atoms with Gasteiger partial charge in [-0.1, -0.05) is 54.1 Å². The first kappa shape index (κ1) is 22.9. The van der Waals surface area contributed by atoms with E-state index in [1.165, 1.54) is 0 Å². The highest BCUT2D eigenvalue weighted by molar-refractivity contribution is 6.30. The Balaban J connectivity index is 1.35. The van der Waals surface area contributed by atoms with Crippen molar-refractivity contribution in [2.75, 3.05) is 6.54 Å². The van der Waals surface area contributed by atoms with E-state index >= 15 is 0 Å². The smallest absolute Gasteiger partial charge is 0.251 e. The van der Waals surface area contributed by atoms with Crippen LogP contribution in [0.1, 0.15) is 40.7 Å². The number of rotatable bonds is 7. The number of amides is 2. The third kappa shape index (κ3) is 6.36. The molecule has 2 amide bonds. The lowest BCUT2D eigenvalue weighted by Crippen LogP contribution is -2.47. The van der Waals surface area contributed by atoms with Crippen LogP contribution in [0.4, 0.5) is 0 Å². The second-order valence-corrected chi connectivity index (χ2v) is 8.64. The number of nitrogens with zero attached hydrogens (tertiary/aromatic N) is 1. The molecule has 3 aromatic carbocycles. The molecule has 170 valence electrons. The molecule has 0 aromatic heterocycles. The zero-order valence-electron chi connectivity index (χ0n) is 18.4. The maximum atomic E-state index is 13.1. The van der Waals surface area contributed by atoms with Crippen LogP contribution in [-0.2, 0) is 17.9 Å². The summed E-state index contributed by atoms with van der Waals surface area (Å²) < 4.78 is 5.75. The molecule has 1 heterocycles. The van der Waals surface area contributed by atoms with Crippen molar-refractivity contribution >= 4 is 23.4 Å². The molecule has 1 atom stereocenters. The van der Waals surface area contributed by atoms with Crippen LogP contribution in [0, 0.1) is 0 Å². The lowest BCUT2D eigenvalue weighted by molar-refractivity contribution is -0.133. The monoisotopic (exact) mass is 462 g/mol. The molecule has 4 rings (SSSR count). The molecule has 1 N–H and O–H groups in total. The minimum absolute atomic E-state index is 0.0383. The third-order valence-corrected chi connectivity index (χ3v) is 5.99. The topological polar surface area (TPSA) is 58.6 Å². The number of hydrogen-bond donors (Lipinski definition) is 1. The predicted molar refractivity (Wildman–Crippen MR) is 129 cm³/mol. The molecule has 33 heavy (non-hydrogen) atoms. The highest BCUT2D eigenvalue weighted by Gasteiger charge is 2.28. The summed E-state index contributed by atoms with van der Waals surface area (Å²) in [5.74, 6) is 0.523. The van der Waals surface area contributed by atoms with Gasteiger partial charge < -0.3 is 15.0 Å². The number of likely N-dealkylation sites (tertiary alicyclic amines) is 1. The Morgan fingerprint density at radius 1 is 0.939 bits per heavy atom. The van der Waals surface area contributed by atoms with Gasteiger partial charge in [-0.05, 0) is 66.8 Å². The Hall–Kier alpha value is -3.31. The minimum atomic E-state index is -0.520. The van der Waals surface area contributed by atoms with Crippen LogP contribution in [0.25, 0.3) is 0 Å². The van der Waals surface area contributed by atoms with Crippen LogP contribution < -0.4 is 10.1 Å². The summed E-state index contributed by atoms with van der Waals surface area (Å²) in [6, 6.07) is 23.9. The standard InChI is InChI=1S/C27H27ClN2O3/c28-23-15-11-20(12-16-23)18-30-17-5-4-8-25(27(30)32)29-26(31)22-13-9-21(10-14-22)19-33-24-6-2-1-3-7-24/h1-3,6-7,9-16,25H,4-5,8,17-19H2,(H,29,31). The number of benzene rings is 3. The molecule has 1 unspecified atom stereocenters. The van der Waals surface area contributed by atoms with E-state index < -0.39 is 6.04 Å². The number of para-hydroxylation sites is 1. The van der Waals surface area contributed by atoms with E-state index in [4.69, 9.17) is 16.3 Å². The average molecular weight is 463 g/mol. The van der Waals surface area contributed by atoms with Gasteiger partial charge in [0.2, 0.25) is 5.91 Å². The van der Waals surface area contributed by atoms with E-state index in [0.29, 0.717) is 36.7 Å². The van der Waals surface area contributed by atoms with Crippen LogP contribution in [0.3, 0.4) is 0 Å². The third-order valence-electron chi connectivity index (χ3n) is 5.74. The molecule has 5 nitrogen and oxygen atoms in total. The van der Waals surface area contributed by atoms with Crippen LogP contribution in [-0.4, -0.2) is 29.3 Å². The molecule has 1 fully saturated rings. The van der Waals surface area contributed by atoms with Gasteiger partial charge in [0.1, 0.15) is 18.4 Å². The highest BCUT2D eigenvalue weighted by atomic mass is 35.5. The maximum Gasteiger partial charge on any atom is 0.251 e. The molecular formula is C27H27ClN2O3. The van der Waals surface area contributed by atoms with Crippen molar-refractivity contribution in [2.24, 2.45) is 0 Å². The fourth-order valence-electron chi connectivity index (χ4n) is 3.88. The second kappa shape index (κ2) is 11.0. The molecule has 1 aliphatic heterocycles. The quantitative estimate of drug-likeness (QED) is 0.523. The molecule has 6 heteroatoms. The maximum absolute atomic E-state index is 13.1. The summed E-state index contributed by atoms with van der Waals surface area (Å²) in [6.07, 6.45) is 2.45. The van der Waals surface area contributed by atoms with Gasteiger partial charge in [-0.3, -0.25) is 9.59 Å². The predicted octanol–water partition coefficient (Wildman–Crippen LogP) is 5.23. The summed E-state index contributed by atoms with van der Waals surface area (Å²) in [5, 5.41) is 3.61. The van der Waals surface area contributed by atoms with Gasteiger partial charge >= 0.3 is 0 Å². The van der Waals surface area contributed by atoms with Gasteiger partial charge in [0, 0.05) is 23.7 Å². The second-order valence-electron chi connectivity index (χ2n) is 8.21. The van der Waals surface area contributed by atoms with E-state index in [0.717, 1.165) is 29.7 Å². The van der Waals surface area contributed by atoms with Crippen LogP contribution in [0.5, 0.6) is 5.75 Å². The van der Waals surface area contributed by atoms with Crippen molar-refractivity contribution in [3.05, 3.63) is 101 Å². The van der Waals surface area contributed by atoms with Crippen molar-refractivity contribution in [1.29, 1.82) is 0 Å². The van der Waals surface area contributed by atoms with Crippen LogP contribution >= 0.6 is 11.6 Å². The van der Waals surface area contributed by atoms with E-state index in [1.807, 2.05) is 71.6 Å². The normalized spacial score (nSPS) is 16.2. The molecule has 1 aliphatic rings. The fourth-order valence-corrected chi connectivity index (χ4v) is 4.01. The largest absolute Gasteiger partial charge is 0.489 e. The summed E-state index contributed by atoms with van der Waals surface area (Å²) in [7, 11) is 0. The lowest BCUT2D eigenvalue weighted by Gasteiger charge is -2.25. The molecule has 3 aromatic rings. The van der Waals surface area contributed by atoms with E-state index in [9.17, 15) is 9.59 Å².